The van der Waals surface area contributed by atoms with Crippen LogP contribution in [0.3, 0.4) is 0 Å². The second-order valence-electron chi connectivity index (χ2n) is 6.43. The molecule has 0 atom stereocenters. The van der Waals surface area contributed by atoms with Crippen molar-refractivity contribution >= 4 is 29.7 Å². The summed E-state index contributed by atoms with van der Waals surface area (Å²) in [4.78, 5) is 36.1. The first kappa shape index (κ1) is 21.4. The number of aryl methyl sites for hydroxylation is 1. The van der Waals surface area contributed by atoms with Crippen LogP contribution in [0.4, 0.5) is 10.1 Å². The Kier molecular flexibility index (Phi) is 6.85. The van der Waals surface area contributed by atoms with Crippen molar-refractivity contribution in [3.8, 4) is 5.75 Å². The lowest BCUT2D eigenvalue weighted by molar-refractivity contribution is -0.136. The molecule has 0 saturated carbocycles. The molecule has 0 aromatic heterocycles. The van der Waals surface area contributed by atoms with Crippen molar-refractivity contribution < 1.29 is 23.5 Å². The number of carbonyl (C=O) groups excluding carboxylic acids is 3. The Bertz CT molecular complexity index is 1140. The van der Waals surface area contributed by atoms with Gasteiger partial charge in [0.05, 0.1) is 17.5 Å². The number of rotatable bonds is 5. The van der Waals surface area contributed by atoms with Crippen LogP contribution in [0.5, 0.6) is 5.75 Å². The zero-order chi connectivity index (χ0) is 22.2. The van der Waals surface area contributed by atoms with Crippen molar-refractivity contribution in [1.82, 2.24) is 5.43 Å². The number of anilines is 1. The van der Waals surface area contributed by atoms with Crippen LogP contribution in [0.1, 0.15) is 21.5 Å². The molecule has 31 heavy (non-hydrogen) atoms. The highest BCUT2D eigenvalue weighted by Gasteiger charge is 2.15. The Morgan fingerprint density at radius 3 is 2.32 bits per heavy atom. The molecule has 7 nitrogen and oxygen atoms in total. The Hall–Kier alpha value is -4.33. The molecule has 0 aliphatic heterocycles. The van der Waals surface area contributed by atoms with Gasteiger partial charge in [-0.2, -0.15) is 5.10 Å². The molecule has 3 rings (SSSR count). The summed E-state index contributed by atoms with van der Waals surface area (Å²) in [6.07, 6.45) is 1.23. The Morgan fingerprint density at radius 1 is 0.903 bits per heavy atom. The molecule has 156 valence electrons. The first-order valence-corrected chi connectivity index (χ1v) is 9.21. The lowest BCUT2D eigenvalue weighted by Crippen LogP contribution is -2.32. The highest BCUT2D eigenvalue weighted by molar-refractivity contribution is 6.39. The maximum absolute atomic E-state index is 13.6. The monoisotopic (exact) mass is 419 g/mol. The highest BCUT2D eigenvalue weighted by Crippen LogP contribution is 2.18. The molecular formula is C23H18FN3O4. The van der Waals surface area contributed by atoms with Crippen molar-refractivity contribution in [3.05, 3.63) is 95.3 Å². The summed E-state index contributed by atoms with van der Waals surface area (Å²) >= 11 is 0. The molecule has 0 aliphatic carbocycles. The lowest BCUT2D eigenvalue weighted by Gasteiger charge is -2.07. The number of amides is 2. The van der Waals surface area contributed by atoms with E-state index in [0.29, 0.717) is 11.1 Å². The van der Waals surface area contributed by atoms with E-state index in [4.69, 9.17) is 4.74 Å². The van der Waals surface area contributed by atoms with E-state index in [0.717, 1.165) is 11.6 Å². The Balaban J connectivity index is 1.62. The van der Waals surface area contributed by atoms with Gasteiger partial charge in [-0.1, -0.05) is 42.0 Å². The number of benzene rings is 3. The number of nitrogens with zero attached hydrogens (tertiary/aromatic N) is 1. The lowest BCUT2D eigenvalue weighted by atomic mass is 10.1. The van der Waals surface area contributed by atoms with Gasteiger partial charge in [-0.3, -0.25) is 9.59 Å². The average Bonchev–Trinajstić information content (AvgIpc) is 2.76. The third-order valence-corrected chi connectivity index (χ3v) is 4.11. The third kappa shape index (κ3) is 5.83. The molecule has 8 heteroatoms. The van der Waals surface area contributed by atoms with Gasteiger partial charge >= 0.3 is 17.8 Å². The number of nitrogens with one attached hydrogen (secondary N) is 2. The van der Waals surface area contributed by atoms with Crippen LogP contribution in [0, 0.1) is 12.7 Å². The second-order valence-corrected chi connectivity index (χ2v) is 6.43. The average molecular weight is 419 g/mol. The fraction of sp³-hybridized carbons (Fsp3) is 0.0435. The van der Waals surface area contributed by atoms with E-state index in [1.54, 1.807) is 48.5 Å². The SMILES string of the molecule is Cc1ccc(C(=O)Oc2ccccc2/C=N/NC(=O)C(=O)Nc2ccccc2F)cc1. The number of hydrogen-bond acceptors (Lipinski definition) is 5. The van der Waals surface area contributed by atoms with Crippen molar-refractivity contribution in [1.29, 1.82) is 0 Å². The van der Waals surface area contributed by atoms with Crippen molar-refractivity contribution in [2.75, 3.05) is 5.32 Å². The van der Waals surface area contributed by atoms with E-state index in [1.807, 2.05) is 12.3 Å². The summed E-state index contributed by atoms with van der Waals surface area (Å²) in [5.74, 6) is -3.16. The summed E-state index contributed by atoms with van der Waals surface area (Å²) in [5.41, 5.74) is 3.72. The quantitative estimate of drug-likeness (QED) is 0.218. The van der Waals surface area contributed by atoms with Crippen LogP contribution in [-0.4, -0.2) is 24.0 Å². The molecule has 0 saturated heterocycles. The van der Waals surface area contributed by atoms with E-state index in [2.05, 4.69) is 10.4 Å². The summed E-state index contributed by atoms with van der Waals surface area (Å²) in [5, 5.41) is 5.86. The van der Waals surface area contributed by atoms with Crippen LogP contribution in [-0.2, 0) is 9.59 Å². The molecule has 0 aliphatic rings. The first-order chi connectivity index (χ1) is 14.9. The molecule has 0 unspecified atom stereocenters. The van der Waals surface area contributed by atoms with E-state index >= 15 is 0 Å². The van der Waals surface area contributed by atoms with Gasteiger partial charge < -0.3 is 10.1 Å². The smallest absolute Gasteiger partial charge is 0.343 e. The van der Waals surface area contributed by atoms with Crippen LogP contribution in [0.25, 0.3) is 0 Å². The van der Waals surface area contributed by atoms with Crippen molar-refractivity contribution in [2.45, 2.75) is 6.92 Å². The molecular weight excluding hydrogens is 401 g/mol. The molecule has 0 fully saturated rings. The van der Waals surface area contributed by atoms with Gasteiger partial charge in [0.1, 0.15) is 11.6 Å². The van der Waals surface area contributed by atoms with Crippen LogP contribution >= 0.6 is 0 Å². The van der Waals surface area contributed by atoms with Gasteiger partial charge in [-0.25, -0.2) is 14.6 Å². The van der Waals surface area contributed by atoms with Crippen LogP contribution < -0.4 is 15.5 Å². The molecule has 2 N–H and O–H groups in total. The third-order valence-electron chi connectivity index (χ3n) is 4.11. The summed E-state index contributed by atoms with van der Waals surface area (Å²) in [7, 11) is 0. The van der Waals surface area contributed by atoms with Gasteiger partial charge in [0.2, 0.25) is 0 Å². The van der Waals surface area contributed by atoms with Crippen molar-refractivity contribution in [2.24, 2.45) is 5.10 Å². The fourth-order valence-corrected chi connectivity index (χ4v) is 2.48. The molecule has 3 aromatic rings. The number of ether oxygens (including phenoxy) is 1. The van der Waals surface area contributed by atoms with Crippen LogP contribution in [0.15, 0.2) is 77.9 Å². The molecule has 0 heterocycles. The number of hydrogen-bond donors (Lipinski definition) is 2. The zero-order valence-corrected chi connectivity index (χ0v) is 16.5. The number of para-hydroxylation sites is 2. The highest BCUT2D eigenvalue weighted by atomic mass is 19.1. The molecule has 0 bridgehead atoms. The number of esters is 1. The minimum atomic E-state index is -1.09. The Labute approximate surface area is 177 Å². The van der Waals surface area contributed by atoms with Gasteiger partial charge in [-0.05, 0) is 43.3 Å². The minimum absolute atomic E-state index is 0.125. The van der Waals surface area contributed by atoms with E-state index in [1.165, 1.54) is 24.4 Å². The normalized spacial score (nSPS) is 10.5. The maximum Gasteiger partial charge on any atom is 0.343 e. The first-order valence-electron chi connectivity index (χ1n) is 9.21. The topological polar surface area (TPSA) is 96.9 Å². The van der Waals surface area contributed by atoms with Gasteiger partial charge in [-0.15, -0.1) is 0 Å². The summed E-state index contributed by atoms with van der Waals surface area (Å²) < 4.78 is 19.0. The minimum Gasteiger partial charge on any atom is -0.422 e. The van der Waals surface area contributed by atoms with E-state index < -0.39 is 23.6 Å². The largest absolute Gasteiger partial charge is 0.422 e. The number of carbonyl (C=O) groups is 3. The van der Waals surface area contributed by atoms with Crippen LogP contribution in [0.2, 0.25) is 0 Å². The summed E-state index contributed by atoms with van der Waals surface area (Å²) in [6.45, 7) is 1.91. The molecule has 2 amide bonds. The molecule has 0 spiro atoms. The molecule has 0 radical (unpaired) electrons. The Morgan fingerprint density at radius 2 is 1.58 bits per heavy atom. The fourth-order valence-electron chi connectivity index (χ4n) is 2.48. The summed E-state index contributed by atoms with van der Waals surface area (Å²) in [6, 6.07) is 18.9. The zero-order valence-electron chi connectivity index (χ0n) is 16.5. The van der Waals surface area contributed by atoms with E-state index in [-0.39, 0.29) is 11.4 Å². The molecule has 3 aromatic carbocycles. The second kappa shape index (κ2) is 9.93. The van der Waals surface area contributed by atoms with Gasteiger partial charge in [0.15, 0.2) is 0 Å². The van der Waals surface area contributed by atoms with E-state index in [9.17, 15) is 18.8 Å². The predicted octanol–water partition coefficient (Wildman–Crippen LogP) is 3.44. The van der Waals surface area contributed by atoms with Gasteiger partial charge in [0.25, 0.3) is 0 Å². The predicted molar refractivity (Wildman–Crippen MR) is 113 cm³/mol. The number of hydrazone groups is 1. The van der Waals surface area contributed by atoms with Gasteiger partial charge in [0, 0.05) is 5.56 Å². The number of halogens is 1. The maximum atomic E-state index is 13.6. The standard InChI is InChI=1S/C23H18FN3O4/c1-15-10-12-16(13-11-15)23(30)31-20-9-5-2-6-17(20)14-25-27-22(29)21(28)26-19-8-4-3-7-18(19)24/h2-14H,1H3,(H,26,28)(H,27,29)/b25-14+. The van der Waals surface area contributed by atoms with Crippen molar-refractivity contribution in [3.63, 3.8) is 0 Å².